The van der Waals surface area contributed by atoms with Gasteiger partial charge in [0, 0.05) is 25.0 Å². The number of rotatable bonds is 7. The van der Waals surface area contributed by atoms with Crippen LogP contribution in [0.3, 0.4) is 0 Å². The topological polar surface area (TPSA) is 63.9 Å². The van der Waals surface area contributed by atoms with Crippen molar-refractivity contribution in [3.63, 3.8) is 0 Å². The number of hydrogen-bond donors (Lipinski definition) is 0. The van der Waals surface area contributed by atoms with Crippen molar-refractivity contribution in [2.24, 2.45) is 0 Å². The van der Waals surface area contributed by atoms with Gasteiger partial charge in [0.15, 0.2) is 5.65 Å². The molecule has 0 saturated heterocycles. The zero-order valence-corrected chi connectivity index (χ0v) is 18.3. The SMILES string of the molecule is CCN(CC)C(=O)C(C)Sc1nnc2c3ccccc3n(Cc3ccccc3)c2n1. The van der Waals surface area contributed by atoms with Crippen LogP contribution in [0.5, 0.6) is 0 Å². The molecular weight excluding hydrogens is 394 g/mol. The number of nitrogens with zero attached hydrogens (tertiary/aromatic N) is 5. The number of carbonyl (C=O) groups is 1. The summed E-state index contributed by atoms with van der Waals surface area (Å²) in [5, 5.41) is 10.1. The molecule has 1 atom stereocenters. The number of thioether (sulfide) groups is 1. The third-order valence-corrected chi connectivity index (χ3v) is 6.18. The lowest BCUT2D eigenvalue weighted by Crippen LogP contribution is -2.36. The van der Waals surface area contributed by atoms with Gasteiger partial charge in [0.1, 0.15) is 5.52 Å². The molecule has 30 heavy (non-hydrogen) atoms. The maximum Gasteiger partial charge on any atom is 0.235 e. The van der Waals surface area contributed by atoms with Gasteiger partial charge in [0.2, 0.25) is 11.1 Å². The van der Waals surface area contributed by atoms with Crippen LogP contribution in [0, 0.1) is 0 Å². The van der Waals surface area contributed by atoms with Crippen molar-refractivity contribution in [3.05, 3.63) is 60.2 Å². The molecule has 4 aromatic rings. The second-order valence-electron chi connectivity index (χ2n) is 7.13. The van der Waals surface area contributed by atoms with E-state index in [0.29, 0.717) is 24.8 Å². The van der Waals surface area contributed by atoms with Crippen molar-refractivity contribution in [1.29, 1.82) is 0 Å². The summed E-state index contributed by atoms with van der Waals surface area (Å²) in [7, 11) is 0. The lowest BCUT2D eigenvalue weighted by Gasteiger charge is -2.21. The predicted octanol–water partition coefficient (Wildman–Crippen LogP) is 4.38. The highest BCUT2D eigenvalue weighted by Crippen LogP contribution is 2.29. The first-order chi connectivity index (χ1) is 14.6. The minimum Gasteiger partial charge on any atom is -0.342 e. The highest BCUT2D eigenvalue weighted by molar-refractivity contribution is 8.00. The zero-order chi connectivity index (χ0) is 21.1. The molecule has 7 heteroatoms. The Morgan fingerprint density at radius 3 is 2.47 bits per heavy atom. The predicted molar refractivity (Wildman–Crippen MR) is 122 cm³/mol. The van der Waals surface area contributed by atoms with Gasteiger partial charge in [-0.15, -0.1) is 10.2 Å². The molecule has 4 rings (SSSR count). The number of benzene rings is 2. The summed E-state index contributed by atoms with van der Waals surface area (Å²) in [5.74, 6) is 0.0959. The molecule has 2 aromatic heterocycles. The van der Waals surface area contributed by atoms with Gasteiger partial charge < -0.3 is 9.47 Å². The van der Waals surface area contributed by atoms with Gasteiger partial charge in [-0.2, -0.15) is 0 Å². The van der Waals surface area contributed by atoms with E-state index in [2.05, 4.69) is 39.0 Å². The first-order valence-electron chi connectivity index (χ1n) is 10.2. The molecule has 0 aliphatic carbocycles. The van der Waals surface area contributed by atoms with E-state index in [1.54, 1.807) is 0 Å². The average molecular weight is 420 g/mol. The highest BCUT2D eigenvalue weighted by Gasteiger charge is 2.22. The maximum absolute atomic E-state index is 12.6. The van der Waals surface area contributed by atoms with E-state index in [4.69, 9.17) is 4.98 Å². The second kappa shape index (κ2) is 8.83. The van der Waals surface area contributed by atoms with E-state index < -0.39 is 0 Å². The van der Waals surface area contributed by atoms with Crippen LogP contribution in [0.2, 0.25) is 0 Å². The summed E-state index contributed by atoms with van der Waals surface area (Å²) < 4.78 is 2.18. The van der Waals surface area contributed by atoms with Crippen LogP contribution in [0.4, 0.5) is 0 Å². The minimum atomic E-state index is -0.267. The van der Waals surface area contributed by atoms with Crippen molar-refractivity contribution in [2.45, 2.75) is 37.7 Å². The Bertz CT molecular complexity index is 1170. The summed E-state index contributed by atoms with van der Waals surface area (Å²) in [4.78, 5) is 19.3. The number of amides is 1. The lowest BCUT2D eigenvalue weighted by molar-refractivity contribution is -0.129. The van der Waals surface area contributed by atoms with Crippen LogP contribution in [0.25, 0.3) is 22.1 Å². The molecule has 0 N–H and O–H groups in total. The molecule has 6 nitrogen and oxygen atoms in total. The molecule has 1 unspecified atom stereocenters. The normalized spacial score (nSPS) is 12.4. The molecule has 0 bridgehead atoms. The molecule has 0 aliphatic heterocycles. The molecule has 2 aromatic carbocycles. The van der Waals surface area contributed by atoms with Gasteiger partial charge in [-0.25, -0.2) is 4.98 Å². The smallest absolute Gasteiger partial charge is 0.235 e. The van der Waals surface area contributed by atoms with Crippen molar-refractivity contribution in [1.82, 2.24) is 24.6 Å². The fraction of sp³-hybridized carbons (Fsp3) is 0.304. The molecule has 0 aliphatic rings. The molecule has 0 spiro atoms. The Kier molecular flexibility index (Phi) is 5.99. The Balaban J connectivity index is 1.73. The largest absolute Gasteiger partial charge is 0.342 e. The molecule has 2 heterocycles. The summed E-state index contributed by atoms with van der Waals surface area (Å²) >= 11 is 1.36. The first kappa shape index (κ1) is 20.3. The van der Waals surface area contributed by atoms with E-state index in [-0.39, 0.29) is 11.2 Å². The summed E-state index contributed by atoms with van der Waals surface area (Å²) in [5.41, 5.74) is 3.85. The molecule has 0 saturated carbocycles. The summed E-state index contributed by atoms with van der Waals surface area (Å²) in [6.07, 6.45) is 0. The van der Waals surface area contributed by atoms with Crippen LogP contribution in [0.15, 0.2) is 59.8 Å². The Morgan fingerprint density at radius 1 is 1.03 bits per heavy atom. The third-order valence-electron chi connectivity index (χ3n) is 5.24. The third kappa shape index (κ3) is 3.89. The first-order valence-corrected chi connectivity index (χ1v) is 11.1. The van der Waals surface area contributed by atoms with Crippen molar-refractivity contribution in [2.75, 3.05) is 13.1 Å². The highest BCUT2D eigenvalue weighted by atomic mass is 32.2. The molecule has 0 fully saturated rings. The molecular formula is C23H25N5OS. The van der Waals surface area contributed by atoms with Crippen LogP contribution in [0.1, 0.15) is 26.3 Å². The number of hydrogen-bond acceptors (Lipinski definition) is 5. The zero-order valence-electron chi connectivity index (χ0n) is 17.4. The Hall–Kier alpha value is -2.93. The number of carbonyl (C=O) groups excluding carboxylic acids is 1. The van der Waals surface area contributed by atoms with E-state index >= 15 is 0 Å². The monoisotopic (exact) mass is 419 g/mol. The lowest BCUT2D eigenvalue weighted by atomic mass is 10.2. The van der Waals surface area contributed by atoms with E-state index in [1.165, 1.54) is 17.3 Å². The van der Waals surface area contributed by atoms with Gasteiger partial charge >= 0.3 is 0 Å². The number of fused-ring (bicyclic) bond motifs is 3. The van der Waals surface area contributed by atoms with Gasteiger partial charge in [-0.3, -0.25) is 4.79 Å². The van der Waals surface area contributed by atoms with Gasteiger partial charge in [-0.05, 0) is 32.4 Å². The van der Waals surface area contributed by atoms with Crippen LogP contribution in [-0.2, 0) is 11.3 Å². The van der Waals surface area contributed by atoms with Crippen molar-refractivity contribution in [3.8, 4) is 0 Å². The molecule has 0 radical (unpaired) electrons. The standard InChI is InChI=1S/C23H25N5OS/c1-4-27(5-2)22(29)16(3)30-23-24-21-20(25-26-23)18-13-9-10-14-19(18)28(21)15-17-11-7-6-8-12-17/h6-14,16H,4-5,15H2,1-3H3. The number of aromatic nitrogens is 4. The van der Waals surface area contributed by atoms with Gasteiger partial charge in [0.25, 0.3) is 0 Å². The molecule has 1 amide bonds. The quantitative estimate of drug-likeness (QED) is 0.416. The van der Waals surface area contributed by atoms with Crippen LogP contribution >= 0.6 is 11.8 Å². The van der Waals surface area contributed by atoms with E-state index in [1.807, 2.05) is 56.0 Å². The Morgan fingerprint density at radius 2 is 1.73 bits per heavy atom. The Labute approximate surface area is 180 Å². The minimum absolute atomic E-state index is 0.0959. The van der Waals surface area contributed by atoms with Gasteiger partial charge in [0.05, 0.1) is 10.8 Å². The maximum atomic E-state index is 12.6. The molecule has 154 valence electrons. The van der Waals surface area contributed by atoms with Crippen LogP contribution < -0.4 is 0 Å². The fourth-order valence-corrected chi connectivity index (χ4v) is 4.46. The number of para-hydroxylation sites is 1. The summed E-state index contributed by atoms with van der Waals surface area (Å²) in [6.45, 7) is 7.98. The fourth-order valence-electron chi connectivity index (χ4n) is 3.67. The second-order valence-corrected chi connectivity index (χ2v) is 8.43. The summed E-state index contributed by atoms with van der Waals surface area (Å²) in [6, 6.07) is 18.5. The van der Waals surface area contributed by atoms with E-state index in [0.717, 1.165) is 22.1 Å². The van der Waals surface area contributed by atoms with Gasteiger partial charge in [-0.1, -0.05) is 60.3 Å². The van der Waals surface area contributed by atoms with Crippen molar-refractivity contribution >= 4 is 39.7 Å². The average Bonchev–Trinajstić information content (AvgIpc) is 3.08. The van der Waals surface area contributed by atoms with E-state index in [9.17, 15) is 4.79 Å². The van der Waals surface area contributed by atoms with Crippen LogP contribution in [-0.4, -0.2) is 48.9 Å². The van der Waals surface area contributed by atoms with Crippen molar-refractivity contribution < 1.29 is 4.79 Å².